The smallest absolute Gasteiger partial charge is 0.284 e. The quantitative estimate of drug-likeness (QED) is 0.632. The molecule has 2 aliphatic rings. The average molecular weight is 511 g/mol. The number of rotatable bonds is 3. The van der Waals surface area contributed by atoms with E-state index < -0.39 is 6.43 Å². The van der Waals surface area contributed by atoms with Gasteiger partial charge in [-0.2, -0.15) is 27.0 Å². The molecule has 0 amide bonds. The van der Waals surface area contributed by atoms with E-state index in [0.717, 1.165) is 12.8 Å². The number of nitrogens with zero attached hydrogens (tertiary/aromatic N) is 3. The van der Waals surface area contributed by atoms with E-state index in [-0.39, 0.29) is 66.8 Å². The summed E-state index contributed by atoms with van der Waals surface area (Å²) >= 11 is 12.3. The first-order valence-electron chi connectivity index (χ1n) is 9.54. The lowest BCUT2D eigenvalue weighted by Gasteiger charge is -2.41. The Balaban J connectivity index is 0.00000171. The van der Waals surface area contributed by atoms with E-state index in [1.807, 2.05) is 11.8 Å². The van der Waals surface area contributed by atoms with E-state index in [2.05, 4.69) is 9.97 Å². The molecule has 2 aromatic rings. The Hall–Kier alpha value is -0.840. The van der Waals surface area contributed by atoms with Crippen LogP contribution in [-0.4, -0.2) is 41.8 Å². The molecule has 2 atom stereocenters. The minimum absolute atomic E-state index is 0. The van der Waals surface area contributed by atoms with Crippen LogP contribution in [0.3, 0.4) is 0 Å². The number of anilines is 1. The predicted molar refractivity (Wildman–Crippen MR) is 130 cm³/mol. The minimum Gasteiger partial charge on any atom is -0.376 e. The summed E-state index contributed by atoms with van der Waals surface area (Å²) in [7, 11) is 0. The number of nitrogens with two attached hydrogens (primary N) is 1. The Morgan fingerprint density at radius 3 is 2.48 bits per heavy atom. The van der Waals surface area contributed by atoms with Crippen molar-refractivity contribution in [3.8, 4) is 11.3 Å². The van der Waals surface area contributed by atoms with Gasteiger partial charge < -0.3 is 15.4 Å². The summed E-state index contributed by atoms with van der Waals surface area (Å²) in [5.41, 5.74) is 6.64. The third-order valence-electron chi connectivity index (χ3n) is 6.12. The maximum absolute atomic E-state index is 13.8. The van der Waals surface area contributed by atoms with Gasteiger partial charge in [0, 0.05) is 30.1 Å². The fourth-order valence-electron chi connectivity index (χ4n) is 4.26. The molecule has 1 aromatic carbocycles. The van der Waals surface area contributed by atoms with Crippen molar-refractivity contribution in [2.24, 2.45) is 11.1 Å². The molecule has 0 bridgehead atoms. The van der Waals surface area contributed by atoms with Gasteiger partial charge in [0.25, 0.3) is 6.43 Å². The molecular formula is C20H26Cl2F2N4OS2. The fourth-order valence-corrected chi connectivity index (χ4v) is 4.65. The Bertz CT molecular complexity index is 917. The van der Waals surface area contributed by atoms with Crippen molar-refractivity contribution >= 4 is 56.0 Å². The Morgan fingerprint density at radius 1 is 1.23 bits per heavy atom. The first-order valence-corrected chi connectivity index (χ1v) is 10.3. The fraction of sp³-hybridized carbons (Fsp3) is 0.500. The minimum atomic E-state index is -2.76. The summed E-state index contributed by atoms with van der Waals surface area (Å²) in [6.07, 6.45) is 0.258. The van der Waals surface area contributed by atoms with Gasteiger partial charge in [-0.05, 0) is 25.8 Å². The van der Waals surface area contributed by atoms with Gasteiger partial charge in [0.1, 0.15) is 5.69 Å². The maximum Gasteiger partial charge on any atom is 0.284 e. The molecule has 31 heavy (non-hydrogen) atoms. The molecule has 5 nitrogen and oxygen atoms in total. The monoisotopic (exact) mass is 510 g/mol. The molecule has 2 aliphatic heterocycles. The molecule has 1 spiro atoms. The molecule has 11 heteroatoms. The highest BCUT2D eigenvalue weighted by atomic mass is 35.5. The molecule has 2 fully saturated rings. The number of hydrogen-bond acceptors (Lipinski definition) is 5. The van der Waals surface area contributed by atoms with Crippen LogP contribution in [0.1, 0.15) is 31.9 Å². The highest BCUT2D eigenvalue weighted by Gasteiger charge is 2.48. The molecule has 2 saturated heterocycles. The number of benzene rings is 1. The Kier molecular flexibility index (Phi) is 8.86. The SMILES string of the molecule is C[C@@H]1OCC2(CCN(c3ncc(-c4cccc(Cl)c4Cl)nc3C(F)F)CC2)[C@@H]1N.S.S. The lowest BCUT2D eigenvalue weighted by Crippen LogP contribution is -2.51. The van der Waals surface area contributed by atoms with Crippen LogP contribution in [0.4, 0.5) is 14.6 Å². The van der Waals surface area contributed by atoms with Crippen molar-refractivity contribution < 1.29 is 13.5 Å². The number of piperidine rings is 1. The second-order valence-electron chi connectivity index (χ2n) is 7.76. The van der Waals surface area contributed by atoms with Gasteiger partial charge in [-0.1, -0.05) is 35.3 Å². The normalized spacial score (nSPS) is 22.4. The molecule has 4 rings (SSSR count). The lowest BCUT2D eigenvalue weighted by atomic mass is 9.73. The largest absolute Gasteiger partial charge is 0.376 e. The van der Waals surface area contributed by atoms with Gasteiger partial charge in [0.2, 0.25) is 0 Å². The molecule has 1 aromatic heterocycles. The third kappa shape index (κ3) is 4.91. The number of hydrogen-bond donors (Lipinski definition) is 1. The standard InChI is InChI=1S/C20H22Cl2F2N4O.2H2S/c1-11-17(25)20(10-29-11)5-7-28(8-6-20)19-16(18(23)24)27-14(9-26-19)12-3-2-4-13(21)15(12)22;;/h2-4,9,11,17-18H,5-8,10,25H2,1H3;2*1H2/t11-,17+;;/m0../s1. The molecular weight excluding hydrogens is 485 g/mol. The molecule has 0 aliphatic carbocycles. The van der Waals surface area contributed by atoms with E-state index in [9.17, 15) is 8.78 Å². The Labute approximate surface area is 204 Å². The molecule has 0 unspecified atom stereocenters. The van der Waals surface area contributed by atoms with Crippen molar-refractivity contribution in [1.29, 1.82) is 0 Å². The summed E-state index contributed by atoms with van der Waals surface area (Å²) < 4.78 is 33.4. The molecule has 0 saturated carbocycles. The van der Waals surface area contributed by atoms with Crippen molar-refractivity contribution in [2.75, 3.05) is 24.6 Å². The molecule has 3 heterocycles. The number of aromatic nitrogens is 2. The van der Waals surface area contributed by atoms with Gasteiger partial charge in [-0.25, -0.2) is 18.7 Å². The van der Waals surface area contributed by atoms with Crippen molar-refractivity contribution in [1.82, 2.24) is 9.97 Å². The van der Waals surface area contributed by atoms with Crippen LogP contribution in [-0.2, 0) is 4.74 Å². The van der Waals surface area contributed by atoms with Gasteiger partial charge in [-0.15, -0.1) is 0 Å². The highest BCUT2D eigenvalue weighted by Crippen LogP contribution is 2.43. The van der Waals surface area contributed by atoms with Crippen LogP contribution in [0.5, 0.6) is 0 Å². The second-order valence-corrected chi connectivity index (χ2v) is 8.54. The average Bonchev–Trinajstić information content (AvgIpc) is 2.99. The summed E-state index contributed by atoms with van der Waals surface area (Å²) in [4.78, 5) is 10.4. The van der Waals surface area contributed by atoms with Crippen molar-refractivity contribution in [3.05, 3.63) is 40.1 Å². The summed E-state index contributed by atoms with van der Waals surface area (Å²) in [6.45, 7) is 3.75. The predicted octanol–water partition coefficient (Wildman–Crippen LogP) is 4.95. The lowest BCUT2D eigenvalue weighted by molar-refractivity contribution is 0.0972. The van der Waals surface area contributed by atoms with Crippen LogP contribution in [0.25, 0.3) is 11.3 Å². The zero-order valence-corrected chi connectivity index (χ0v) is 20.4. The highest BCUT2D eigenvalue weighted by molar-refractivity contribution is 7.59. The van der Waals surface area contributed by atoms with Crippen molar-refractivity contribution in [3.63, 3.8) is 0 Å². The summed E-state index contributed by atoms with van der Waals surface area (Å²) in [6, 6.07) is 4.96. The van der Waals surface area contributed by atoms with Crippen molar-refractivity contribution in [2.45, 2.75) is 38.3 Å². The van der Waals surface area contributed by atoms with E-state index in [4.69, 9.17) is 33.7 Å². The van der Waals surface area contributed by atoms with Crippen LogP contribution in [0.2, 0.25) is 10.0 Å². The van der Waals surface area contributed by atoms with Gasteiger partial charge in [-0.3, -0.25) is 0 Å². The molecule has 2 N–H and O–H groups in total. The topological polar surface area (TPSA) is 64.3 Å². The second kappa shape index (κ2) is 10.4. The van der Waals surface area contributed by atoms with Crippen LogP contribution < -0.4 is 10.6 Å². The van der Waals surface area contributed by atoms with E-state index in [0.29, 0.717) is 30.3 Å². The third-order valence-corrected chi connectivity index (χ3v) is 6.94. The number of ether oxygens (including phenoxy) is 1. The van der Waals surface area contributed by atoms with Crippen LogP contribution in [0, 0.1) is 5.41 Å². The van der Waals surface area contributed by atoms with Gasteiger partial charge >= 0.3 is 0 Å². The van der Waals surface area contributed by atoms with Crippen LogP contribution in [0.15, 0.2) is 24.4 Å². The zero-order valence-electron chi connectivity index (χ0n) is 16.9. The van der Waals surface area contributed by atoms with E-state index in [1.165, 1.54) is 6.20 Å². The Morgan fingerprint density at radius 2 is 1.90 bits per heavy atom. The van der Waals surface area contributed by atoms with E-state index >= 15 is 0 Å². The van der Waals surface area contributed by atoms with Crippen LogP contribution >= 0.6 is 50.2 Å². The first-order chi connectivity index (χ1) is 13.8. The summed E-state index contributed by atoms with van der Waals surface area (Å²) in [5, 5.41) is 0.597. The zero-order chi connectivity index (χ0) is 20.8. The van der Waals surface area contributed by atoms with Gasteiger partial charge in [0.15, 0.2) is 5.82 Å². The van der Waals surface area contributed by atoms with Gasteiger partial charge in [0.05, 0.1) is 34.6 Å². The first kappa shape index (κ1) is 26.4. The molecule has 0 radical (unpaired) electrons. The maximum atomic E-state index is 13.8. The number of halogens is 4. The molecule has 172 valence electrons. The van der Waals surface area contributed by atoms with E-state index in [1.54, 1.807) is 18.2 Å². The summed E-state index contributed by atoms with van der Waals surface area (Å²) in [5.74, 6) is 0.206. The number of alkyl halides is 2.